The number of rotatable bonds is 9. The summed E-state index contributed by atoms with van der Waals surface area (Å²) < 4.78 is 37.9. The first-order valence-electron chi connectivity index (χ1n) is 9.19. The minimum absolute atomic E-state index is 0.0127. The molecule has 1 amide bonds. The van der Waals surface area contributed by atoms with Crippen molar-refractivity contribution in [3.05, 3.63) is 53.6 Å². The van der Waals surface area contributed by atoms with Crippen LogP contribution < -0.4 is 13.7 Å². The van der Waals surface area contributed by atoms with Crippen LogP contribution in [0.2, 0.25) is 0 Å². The molecular formula is C21H27NO6S. The van der Waals surface area contributed by atoms with E-state index in [2.05, 4.69) is 0 Å². The number of ether oxygens (including phenoxy) is 2. The van der Waals surface area contributed by atoms with E-state index in [1.165, 1.54) is 7.11 Å². The maximum atomic E-state index is 13.3. The Hall–Kier alpha value is -2.74. The second kappa shape index (κ2) is 9.65. The number of benzene rings is 2. The fraction of sp³-hybridized carbons (Fsp3) is 0.381. The average molecular weight is 422 g/mol. The summed E-state index contributed by atoms with van der Waals surface area (Å²) in [7, 11) is -0.514. The van der Waals surface area contributed by atoms with Gasteiger partial charge in [-0.3, -0.25) is 4.79 Å². The van der Waals surface area contributed by atoms with Crippen molar-refractivity contribution in [2.45, 2.75) is 32.9 Å². The lowest BCUT2D eigenvalue weighted by molar-refractivity contribution is 0.0668. The van der Waals surface area contributed by atoms with Crippen LogP contribution >= 0.6 is 0 Å². The maximum Gasteiger partial charge on any atom is 0.306 e. The zero-order chi connectivity index (χ0) is 21.6. The van der Waals surface area contributed by atoms with Crippen molar-refractivity contribution < 1.29 is 26.9 Å². The maximum absolute atomic E-state index is 13.3. The molecule has 0 fully saturated rings. The van der Waals surface area contributed by atoms with Gasteiger partial charge in [0, 0.05) is 18.7 Å². The van der Waals surface area contributed by atoms with Crippen LogP contribution in [0.4, 0.5) is 0 Å². The third-order valence-corrected chi connectivity index (χ3v) is 5.04. The standard InChI is InChI=1S/C21H27NO6S/c1-6-15(2)22(14-16-7-9-17(10-8-16)28-29(5,24)25)21(23)19-12-11-18(26-3)13-20(19)27-4/h7-13,15H,6,14H2,1-5H3/t15-/m0/s1. The van der Waals surface area contributed by atoms with Crippen molar-refractivity contribution in [3.63, 3.8) is 0 Å². The summed E-state index contributed by atoms with van der Waals surface area (Å²) in [6.07, 6.45) is 1.77. The monoisotopic (exact) mass is 421 g/mol. The molecule has 158 valence electrons. The molecule has 0 aliphatic heterocycles. The lowest BCUT2D eigenvalue weighted by Crippen LogP contribution is -2.38. The average Bonchev–Trinajstić information content (AvgIpc) is 2.70. The summed E-state index contributed by atoms with van der Waals surface area (Å²) in [6.45, 7) is 4.36. The SMILES string of the molecule is CC[C@H](C)N(Cc1ccc(OS(C)(=O)=O)cc1)C(=O)c1ccc(OC)cc1OC. The molecular weight excluding hydrogens is 394 g/mol. The van der Waals surface area contributed by atoms with Gasteiger partial charge in [-0.25, -0.2) is 0 Å². The van der Waals surface area contributed by atoms with Crippen LogP contribution in [0.1, 0.15) is 36.2 Å². The van der Waals surface area contributed by atoms with Crippen LogP contribution in [0.15, 0.2) is 42.5 Å². The van der Waals surface area contributed by atoms with Gasteiger partial charge in [0.05, 0.1) is 26.0 Å². The van der Waals surface area contributed by atoms with Crippen LogP contribution in [0, 0.1) is 0 Å². The van der Waals surface area contributed by atoms with Crippen molar-refractivity contribution in [1.82, 2.24) is 4.90 Å². The number of methoxy groups -OCH3 is 2. The summed E-state index contributed by atoms with van der Waals surface area (Å²) >= 11 is 0. The van der Waals surface area contributed by atoms with Gasteiger partial charge >= 0.3 is 10.1 Å². The zero-order valence-electron chi connectivity index (χ0n) is 17.3. The number of amides is 1. The highest BCUT2D eigenvalue weighted by Crippen LogP contribution is 2.27. The molecule has 1 atom stereocenters. The third kappa shape index (κ3) is 6.12. The summed E-state index contributed by atoms with van der Waals surface area (Å²) in [6, 6.07) is 11.7. The van der Waals surface area contributed by atoms with Gasteiger partial charge < -0.3 is 18.6 Å². The van der Waals surface area contributed by atoms with E-state index in [-0.39, 0.29) is 17.7 Å². The van der Waals surface area contributed by atoms with E-state index in [1.54, 1.807) is 54.5 Å². The fourth-order valence-corrected chi connectivity index (χ4v) is 3.26. The first kappa shape index (κ1) is 22.5. The van der Waals surface area contributed by atoms with Gasteiger partial charge in [-0.05, 0) is 43.2 Å². The Labute approximate surface area is 172 Å². The fourth-order valence-electron chi connectivity index (χ4n) is 2.80. The van der Waals surface area contributed by atoms with Crippen LogP contribution in [-0.4, -0.2) is 45.7 Å². The largest absolute Gasteiger partial charge is 0.497 e. The van der Waals surface area contributed by atoms with Gasteiger partial charge in [-0.1, -0.05) is 19.1 Å². The van der Waals surface area contributed by atoms with Crippen molar-refractivity contribution in [3.8, 4) is 17.2 Å². The van der Waals surface area contributed by atoms with Crippen LogP contribution in [0.3, 0.4) is 0 Å². The summed E-state index contributed by atoms with van der Waals surface area (Å²) in [4.78, 5) is 15.0. The molecule has 0 saturated heterocycles. The second-order valence-electron chi connectivity index (χ2n) is 6.69. The molecule has 0 bridgehead atoms. The van der Waals surface area contributed by atoms with E-state index in [0.717, 1.165) is 18.2 Å². The molecule has 8 heteroatoms. The molecule has 7 nitrogen and oxygen atoms in total. The Morgan fingerprint density at radius 2 is 1.66 bits per heavy atom. The molecule has 0 aliphatic rings. The predicted octanol–water partition coefficient (Wildman–Crippen LogP) is 3.48. The van der Waals surface area contributed by atoms with Gasteiger partial charge in [-0.15, -0.1) is 0 Å². The third-order valence-electron chi connectivity index (χ3n) is 4.55. The predicted molar refractivity (Wildman–Crippen MR) is 111 cm³/mol. The van der Waals surface area contributed by atoms with Gasteiger partial charge in [-0.2, -0.15) is 8.42 Å². The van der Waals surface area contributed by atoms with Crippen LogP contribution in [-0.2, 0) is 16.7 Å². The minimum atomic E-state index is -3.58. The topological polar surface area (TPSA) is 82.1 Å². The molecule has 0 N–H and O–H groups in total. The lowest BCUT2D eigenvalue weighted by atomic mass is 10.1. The van der Waals surface area contributed by atoms with E-state index in [4.69, 9.17) is 13.7 Å². The van der Waals surface area contributed by atoms with Crippen molar-refractivity contribution in [1.29, 1.82) is 0 Å². The van der Waals surface area contributed by atoms with E-state index < -0.39 is 10.1 Å². The summed E-state index contributed by atoms with van der Waals surface area (Å²) in [5, 5.41) is 0. The molecule has 0 aromatic heterocycles. The van der Waals surface area contributed by atoms with E-state index in [9.17, 15) is 13.2 Å². The van der Waals surface area contributed by atoms with Gasteiger partial charge in [0.1, 0.15) is 17.2 Å². The molecule has 0 aliphatic carbocycles. The number of hydrogen-bond acceptors (Lipinski definition) is 6. The molecule has 0 unspecified atom stereocenters. The van der Waals surface area contributed by atoms with E-state index >= 15 is 0 Å². The molecule has 0 heterocycles. The first-order chi connectivity index (χ1) is 13.7. The van der Waals surface area contributed by atoms with Crippen molar-refractivity contribution in [2.75, 3.05) is 20.5 Å². The molecule has 0 saturated carbocycles. The normalized spacial score (nSPS) is 12.2. The molecule has 2 aromatic carbocycles. The summed E-state index contributed by atoms with van der Waals surface area (Å²) in [5.74, 6) is 1.12. The Kier molecular flexibility index (Phi) is 7.50. The Bertz CT molecular complexity index is 940. The quantitative estimate of drug-likeness (QED) is 0.577. The van der Waals surface area contributed by atoms with Crippen molar-refractivity contribution >= 4 is 16.0 Å². The highest BCUT2D eigenvalue weighted by Gasteiger charge is 2.24. The minimum Gasteiger partial charge on any atom is -0.497 e. The highest BCUT2D eigenvalue weighted by atomic mass is 32.2. The van der Waals surface area contributed by atoms with Gasteiger partial charge in [0.25, 0.3) is 5.91 Å². The molecule has 0 spiro atoms. The zero-order valence-corrected chi connectivity index (χ0v) is 18.2. The number of carbonyl (C=O) groups excluding carboxylic acids is 1. The number of carbonyl (C=O) groups is 1. The highest BCUT2D eigenvalue weighted by molar-refractivity contribution is 7.86. The summed E-state index contributed by atoms with van der Waals surface area (Å²) in [5.41, 5.74) is 1.30. The molecule has 2 aromatic rings. The number of nitrogens with zero attached hydrogens (tertiary/aromatic N) is 1. The Balaban J connectivity index is 2.29. The van der Waals surface area contributed by atoms with E-state index in [0.29, 0.717) is 23.6 Å². The van der Waals surface area contributed by atoms with Crippen LogP contribution in [0.5, 0.6) is 17.2 Å². The van der Waals surface area contributed by atoms with Gasteiger partial charge in [0.2, 0.25) is 0 Å². The second-order valence-corrected chi connectivity index (χ2v) is 8.26. The lowest BCUT2D eigenvalue weighted by Gasteiger charge is -2.29. The first-order valence-corrected chi connectivity index (χ1v) is 11.0. The Morgan fingerprint density at radius 1 is 1.03 bits per heavy atom. The molecule has 29 heavy (non-hydrogen) atoms. The van der Waals surface area contributed by atoms with Gasteiger partial charge in [0.15, 0.2) is 0 Å². The molecule has 0 radical (unpaired) electrons. The van der Waals surface area contributed by atoms with Crippen LogP contribution in [0.25, 0.3) is 0 Å². The van der Waals surface area contributed by atoms with E-state index in [1.807, 2.05) is 13.8 Å². The smallest absolute Gasteiger partial charge is 0.306 e. The van der Waals surface area contributed by atoms with Crippen molar-refractivity contribution in [2.24, 2.45) is 0 Å². The number of hydrogen-bond donors (Lipinski definition) is 0. The molecule has 2 rings (SSSR count). The Morgan fingerprint density at radius 3 is 2.17 bits per heavy atom.